The van der Waals surface area contributed by atoms with Gasteiger partial charge < -0.3 is 4.74 Å². The van der Waals surface area contributed by atoms with E-state index in [1.165, 1.54) is 0 Å². The second-order valence-electron chi connectivity index (χ2n) is 4.16. The standard InChI is InChI=1S/C13H15NO/c1-15-10-13(9-14,12-7-8-12)11-5-3-2-4-6-11/h2-6,12H,7-8,10H2,1H3. The number of benzene rings is 1. The molecular weight excluding hydrogens is 186 g/mol. The van der Waals surface area contributed by atoms with Gasteiger partial charge >= 0.3 is 0 Å². The van der Waals surface area contributed by atoms with Crippen LogP contribution in [0.1, 0.15) is 18.4 Å². The van der Waals surface area contributed by atoms with Crippen LogP contribution in [0.4, 0.5) is 0 Å². The van der Waals surface area contributed by atoms with Gasteiger partial charge in [0.2, 0.25) is 0 Å². The molecule has 2 rings (SSSR count). The molecule has 1 aliphatic carbocycles. The van der Waals surface area contributed by atoms with Crippen LogP contribution in [0.25, 0.3) is 0 Å². The zero-order valence-electron chi connectivity index (χ0n) is 8.94. The van der Waals surface area contributed by atoms with Crippen molar-refractivity contribution < 1.29 is 4.74 Å². The summed E-state index contributed by atoms with van der Waals surface area (Å²) in [7, 11) is 1.66. The maximum atomic E-state index is 9.44. The Morgan fingerprint density at radius 1 is 1.40 bits per heavy atom. The van der Waals surface area contributed by atoms with E-state index < -0.39 is 5.41 Å². The summed E-state index contributed by atoms with van der Waals surface area (Å²) in [5.74, 6) is 0.477. The van der Waals surface area contributed by atoms with Crippen LogP contribution in [-0.2, 0) is 10.2 Å². The number of hydrogen-bond donors (Lipinski definition) is 0. The Bertz CT molecular complexity index is 364. The lowest BCUT2D eigenvalue weighted by atomic mass is 9.78. The van der Waals surface area contributed by atoms with Crippen LogP contribution in [0.15, 0.2) is 30.3 Å². The minimum absolute atomic E-state index is 0.421. The molecule has 1 fully saturated rings. The van der Waals surface area contributed by atoms with E-state index in [0.29, 0.717) is 12.5 Å². The van der Waals surface area contributed by atoms with Gasteiger partial charge in [-0.05, 0) is 24.3 Å². The van der Waals surface area contributed by atoms with Gasteiger partial charge in [0.05, 0.1) is 12.7 Å². The number of ether oxygens (including phenoxy) is 1. The quantitative estimate of drug-likeness (QED) is 0.749. The number of hydrogen-bond acceptors (Lipinski definition) is 2. The van der Waals surface area contributed by atoms with Gasteiger partial charge in [0, 0.05) is 7.11 Å². The molecule has 1 aliphatic rings. The van der Waals surface area contributed by atoms with Crippen molar-refractivity contribution in [2.45, 2.75) is 18.3 Å². The van der Waals surface area contributed by atoms with Crippen molar-refractivity contribution in [1.29, 1.82) is 5.26 Å². The molecule has 0 amide bonds. The predicted octanol–water partition coefficient (Wildman–Crippen LogP) is 2.50. The average Bonchev–Trinajstić information content (AvgIpc) is 3.11. The molecular formula is C13H15NO. The van der Waals surface area contributed by atoms with Crippen molar-refractivity contribution in [2.24, 2.45) is 5.92 Å². The lowest BCUT2D eigenvalue weighted by Crippen LogP contribution is -2.32. The summed E-state index contributed by atoms with van der Waals surface area (Å²) < 4.78 is 5.23. The summed E-state index contributed by atoms with van der Waals surface area (Å²) in [6.07, 6.45) is 2.29. The summed E-state index contributed by atoms with van der Waals surface area (Å²) in [6.45, 7) is 0.498. The van der Waals surface area contributed by atoms with Crippen LogP contribution in [0.2, 0.25) is 0 Å². The predicted molar refractivity (Wildman–Crippen MR) is 58.3 cm³/mol. The third kappa shape index (κ3) is 1.75. The van der Waals surface area contributed by atoms with Gasteiger partial charge in [-0.1, -0.05) is 30.3 Å². The molecule has 0 N–H and O–H groups in total. The molecule has 1 atom stereocenters. The monoisotopic (exact) mass is 201 g/mol. The normalized spacial score (nSPS) is 19.2. The first kappa shape index (κ1) is 10.2. The van der Waals surface area contributed by atoms with E-state index in [1.54, 1.807) is 7.11 Å². The highest BCUT2D eigenvalue weighted by atomic mass is 16.5. The molecule has 15 heavy (non-hydrogen) atoms. The second kappa shape index (κ2) is 4.04. The van der Waals surface area contributed by atoms with Crippen LogP contribution in [0, 0.1) is 17.2 Å². The highest BCUT2D eigenvalue weighted by Gasteiger charge is 2.47. The molecule has 1 saturated carbocycles. The molecule has 0 heterocycles. The van der Waals surface area contributed by atoms with Crippen molar-refractivity contribution in [1.82, 2.24) is 0 Å². The van der Waals surface area contributed by atoms with Gasteiger partial charge in [-0.2, -0.15) is 5.26 Å². The molecule has 1 unspecified atom stereocenters. The molecule has 1 aromatic carbocycles. The Balaban J connectivity index is 2.37. The molecule has 0 bridgehead atoms. The summed E-state index contributed by atoms with van der Waals surface area (Å²) in [4.78, 5) is 0. The third-order valence-electron chi connectivity index (χ3n) is 3.13. The molecule has 2 nitrogen and oxygen atoms in total. The molecule has 0 saturated heterocycles. The van der Waals surface area contributed by atoms with Gasteiger partial charge in [-0.3, -0.25) is 0 Å². The lowest BCUT2D eigenvalue weighted by Gasteiger charge is -2.26. The number of rotatable bonds is 4. The Labute approximate surface area is 90.5 Å². The summed E-state index contributed by atoms with van der Waals surface area (Å²) in [5.41, 5.74) is 0.674. The largest absolute Gasteiger partial charge is 0.383 e. The summed E-state index contributed by atoms with van der Waals surface area (Å²) in [6, 6.07) is 12.5. The van der Waals surface area contributed by atoms with Gasteiger partial charge in [0.25, 0.3) is 0 Å². The summed E-state index contributed by atoms with van der Waals surface area (Å²) >= 11 is 0. The Kier molecular flexibility index (Phi) is 2.75. The molecule has 0 aromatic heterocycles. The smallest absolute Gasteiger partial charge is 0.108 e. The number of nitriles is 1. The fourth-order valence-corrected chi connectivity index (χ4v) is 2.16. The lowest BCUT2D eigenvalue weighted by molar-refractivity contribution is 0.144. The Morgan fingerprint density at radius 2 is 2.07 bits per heavy atom. The number of nitrogens with zero attached hydrogens (tertiary/aromatic N) is 1. The minimum atomic E-state index is -0.421. The molecule has 1 aromatic rings. The zero-order chi connectivity index (χ0) is 10.7. The van der Waals surface area contributed by atoms with E-state index in [4.69, 9.17) is 4.74 Å². The van der Waals surface area contributed by atoms with Gasteiger partial charge in [-0.25, -0.2) is 0 Å². The number of methoxy groups -OCH3 is 1. The first-order chi connectivity index (χ1) is 7.33. The van der Waals surface area contributed by atoms with Crippen molar-refractivity contribution in [2.75, 3.05) is 13.7 Å². The molecule has 78 valence electrons. The maximum absolute atomic E-state index is 9.44. The highest BCUT2D eigenvalue weighted by Crippen LogP contribution is 2.47. The van der Waals surface area contributed by atoms with Crippen LogP contribution in [-0.4, -0.2) is 13.7 Å². The average molecular weight is 201 g/mol. The van der Waals surface area contributed by atoms with E-state index in [0.717, 1.165) is 18.4 Å². The molecule has 0 aliphatic heterocycles. The van der Waals surface area contributed by atoms with E-state index in [9.17, 15) is 5.26 Å². The zero-order valence-corrected chi connectivity index (χ0v) is 8.94. The molecule has 2 heteroatoms. The maximum Gasteiger partial charge on any atom is 0.108 e. The van der Waals surface area contributed by atoms with E-state index in [1.807, 2.05) is 30.3 Å². The second-order valence-corrected chi connectivity index (χ2v) is 4.16. The van der Waals surface area contributed by atoms with Gasteiger partial charge in [0.1, 0.15) is 5.41 Å². The van der Waals surface area contributed by atoms with Gasteiger partial charge in [-0.15, -0.1) is 0 Å². The van der Waals surface area contributed by atoms with Crippen LogP contribution < -0.4 is 0 Å². The first-order valence-corrected chi connectivity index (χ1v) is 5.29. The first-order valence-electron chi connectivity index (χ1n) is 5.29. The van der Waals surface area contributed by atoms with Crippen LogP contribution in [0.3, 0.4) is 0 Å². The molecule has 0 radical (unpaired) electrons. The Morgan fingerprint density at radius 3 is 2.53 bits per heavy atom. The van der Waals surface area contributed by atoms with Crippen molar-refractivity contribution >= 4 is 0 Å². The molecule has 0 spiro atoms. The topological polar surface area (TPSA) is 33.0 Å². The van der Waals surface area contributed by atoms with Crippen molar-refractivity contribution in [3.63, 3.8) is 0 Å². The highest BCUT2D eigenvalue weighted by molar-refractivity contribution is 5.35. The third-order valence-corrected chi connectivity index (χ3v) is 3.13. The van der Waals surface area contributed by atoms with E-state index >= 15 is 0 Å². The van der Waals surface area contributed by atoms with Crippen molar-refractivity contribution in [3.8, 4) is 6.07 Å². The van der Waals surface area contributed by atoms with Crippen LogP contribution >= 0.6 is 0 Å². The minimum Gasteiger partial charge on any atom is -0.383 e. The van der Waals surface area contributed by atoms with E-state index in [-0.39, 0.29) is 0 Å². The Hall–Kier alpha value is -1.33. The fourth-order valence-electron chi connectivity index (χ4n) is 2.16. The summed E-state index contributed by atoms with van der Waals surface area (Å²) in [5, 5.41) is 9.44. The fraction of sp³-hybridized carbons (Fsp3) is 0.462. The van der Waals surface area contributed by atoms with E-state index in [2.05, 4.69) is 6.07 Å². The SMILES string of the molecule is COCC(C#N)(c1ccccc1)C1CC1. The van der Waals surface area contributed by atoms with Crippen molar-refractivity contribution in [3.05, 3.63) is 35.9 Å². The van der Waals surface area contributed by atoms with Gasteiger partial charge in [0.15, 0.2) is 0 Å². The van der Waals surface area contributed by atoms with Crippen LogP contribution in [0.5, 0.6) is 0 Å².